The summed E-state index contributed by atoms with van der Waals surface area (Å²) in [6, 6.07) is 25.5. The van der Waals surface area contributed by atoms with Crippen molar-refractivity contribution in [2.45, 2.75) is 6.10 Å². The van der Waals surface area contributed by atoms with Crippen molar-refractivity contribution in [3.63, 3.8) is 0 Å². The smallest absolute Gasteiger partial charge is 0.255 e. The quantitative estimate of drug-likeness (QED) is 0.715. The molecule has 4 nitrogen and oxygen atoms in total. The fraction of sp³-hybridized carbons (Fsp3) is 0.0952. The first-order chi connectivity index (χ1) is 12.2. The number of hydrogen-bond donors (Lipinski definition) is 2. The van der Waals surface area contributed by atoms with Gasteiger partial charge in [-0.15, -0.1) is 0 Å². The van der Waals surface area contributed by atoms with Crippen LogP contribution >= 0.6 is 0 Å². The van der Waals surface area contributed by atoms with E-state index in [0.29, 0.717) is 17.0 Å². The van der Waals surface area contributed by atoms with Crippen molar-refractivity contribution in [3.8, 4) is 5.75 Å². The van der Waals surface area contributed by atoms with Gasteiger partial charge in [0.25, 0.3) is 5.91 Å². The molecule has 1 atom stereocenters. The van der Waals surface area contributed by atoms with Gasteiger partial charge in [-0.05, 0) is 29.8 Å². The van der Waals surface area contributed by atoms with Crippen molar-refractivity contribution in [1.82, 2.24) is 0 Å². The van der Waals surface area contributed by atoms with Crippen LogP contribution in [0.1, 0.15) is 22.0 Å². The Morgan fingerprint density at radius 3 is 2.32 bits per heavy atom. The van der Waals surface area contributed by atoms with Crippen molar-refractivity contribution in [1.29, 1.82) is 0 Å². The number of benzene rings is 3. The molecule has 3 rings (SSSR count). The van der Waals surface area contributed by atoms with E-state index in [-0.39, 0.29) is 12.5 Å². The minimum absolute atomic E-state index is 0.139. The van der Waals surface area contributed by atoms with Crippen LogP contribution in [0.2, 0.25) is 0 Å². The molecule has 0 aliphatic rings. The molecule has 1 unspecified atom stereocenters. The molecule has 25 heavy (non-hydrogen) atoms. The molecular formula is C21H19NO3. The number of nitrogens with one attached hydrogen (secondary N) is 1. The molecular weight excluding hydrogens is 314 g/mol. The molecule has 0 fully saturated rings. The Hall–Kier alpha value is -3.11. The first-order valence-corrected chi connectivity index (χ1v) is 8.04. The van der Waals surface area contributed by atoms with E-state index in [1.165, 1.54) is 0 Å². The van der Waals surface area contributed by atoms with E-state index in [9.17, 15) is 9.90 Å². The second-order valence-electron chi connectivity index (χ2n) is 5.59. The van der Waals surface area contributed by atoms with E-state index < -0.39 is 6.10 Å². The number of ether oxygens (including phenoxy) is 1. The summed E-state index contributed by atoms with van der Waals surface area (Å²) in [5.41, 5.74) is 2.03. The maximum absolute atomic E-state index is 12.2. The predicted molar refractivity (Wildman–Crippen MR) is 97.7 cm³/mol. The van der Waals surface area contributed by atoms with Crippen molar-refractivity contribution in [2.24, 2.45) is 0 Å². The van der Waals surface area contributed by atoms with E-state index in [4.69, 9.17) is 4.74 Å². The van der Waals surface area contributed by atoms with Crippen molar-refractivity contribution < 1.29 is 14.6 Å². The molecule has 0 saturated heterocycles. The van der Waals surface area contributed by atoms with Crippen molar-refractivity contribution in [2.75, 3.05) is 11.9 Å². The first-order valence-electron chi connectivity index (χ1n) is 8.04. The van der Waals surface area contributed by atoms with Crippen molar-refractivity contribution in [3.05, 3.63) is 96.1 Å². The maximum atomic E-state index is 12.2. The minimum atomic E-state index is -0.705. The molecule has 0 heterocycles. The van der Waals surface area contributed by atoms with Gasteiger partial charge in [0, 0.05) is 17.3 Å². The second kappa shape index (κ2) is 8.13. The molecule has 0 spiro atoms. The van der Waals surface area contributed by atoms with Crippen LogP contribution in [0.3, 0.4) is 0 Å². The normalized spacial score (nSPS) is 11.6. The number of carbonyl (C=O) groups is 1. The molecule has 0 aliphatic carbocycles. The molecule has 3 aromatic rings. The van der Waals surface area contributed by atoms with Gasteiger partial charge >= 0.3 is 0 Å². The number of rotatable bonds is 6. The van der Waals surface area contributed by atoms with Crippen LogP contribution in [-0.4, -0.2) is 17.6 Å². The molecule has 0 aliphatic heterocycles. The third-order valence-electron chi connectivity index (χ3n) is 3.72. The molecule has 0 saturated carbocycles. The lowest BCUT2D eigenvalue weighted by Crippen LogP contribution is -2.12. The van der Waals surface area contributed by atoms with E-state index >= 15 is 0 Å². The fourth-order valence-electron chi connectivity index (χ4n) is 2.40. The fourth-order valence-corrected chi connectivity index (χ4v) is 2.40. The van der Waals surface area contributed by atoms with Gasteiger partial charge in [0.1, 0.15) is 18.5 Å². The van der Waals surface area contributed by atoms with Gasteiger partial charge in [0.2, 0.25) is 0 Å². The van der Waals surface area contributed by atoms with Crippen LogP contribution in [0.25, 0.3) is 0 Å². The van der Waals surface area contributed by atoms with Crippen molar-refractivity contribution >= 4 is 11.6 Å². The first kappa shape index (κ1) is 16.7. The zero-order valence-corrected chi connectivity index (χ0v) is 13.6. The highest BCUT2D eigenvalue weighted by Crippen LogP contribution is 2.20. The zero-order chi connectivity index (χ0) is 17.5. The van der Waals surface area contributed by atoms with Gasteiger partial charge in [-0.25, -0.2) is 0 Å². The Labute approximate surface area is 146 Å². The van der Waals surface area contributed by atoms with Gasteiger partial charge in [-0.1, -0.05) is 54.6 Å². The summed E-state index contributed by atoms with van der Waals surface area (Å²) in [6.07, 6.45) is -0.705. The monoisotopic (exact) mass is 333 g/mol. The third-order valence-corrected chi connectivity index (χ3v) is 3.72. The minimum Gasteiger partial charge on any atom is -0.490 e. The van der Waals surface area contributed by atoms with Crippen LogP contribution in [0.4, 0.5) is 5.69 Å². The molecule has 0 bridgehead atoms. The topological polar surface area (TPSA) is 58.6 Å². The maximum Gasteiger partial charge on any atom is 0.255 e. The number of hydrogen-bond acceptors (Lipinski definition) is 3. The van der Waals surface area contributed by atoms with Gasteiger partial charge in [-0.3, -0.25) is 4.79 Å². The molecule has 3 aromatic carbocycles. The zero-order valence-electron chi connectivity index (χ0n) is 13.6. The largest absolute Gasteiger partial charge is 0.490 e. The van der Waals surface area contributed by atoms with Crippen LogP contribution in [0, 0.1) is 0 Å². The van der Waals surface area contributed by atoms with Crippen LogP contribution < -0.4 is 10.1 Å². The number of amides is 1. The summed E-state index contributed by atoms with van der Waals surface area (Å²) < 4.78 is 5.65. The number of carbonyl (C=O) groups excluding carboxylic acids is 1. The molecule has 126 valence electrons. The Morgan fingerprint density at radius 1 is 0.920 bits per heavy atom. The lowest BCUT2D eigenvalue weighted by molar-refractivity contribution is 0.102. The highest BCUT2D eigenvalue weighted by Gasteiger charge is 2.09. The summed E-state index contributed by atoms with van der Waals surface area (Å²) in [4.78, 5) is 12.2. The Morgan fingerprint density at radius 2 is 1.60 bits per heavy atom. The van der Waals surface area contributed by atoms with Gasteiger partial charge in [0.15, 0.2) is 0 Å². The Bertz CT molecular complexity index is 819. The molecule has 2 N–H and O–H groups in total. The number of anilines is 1. The summed E-state index contributed by atoms with van der Waals surface area (Å²) in [7, 11) is 0. The summed E-state index contributed by atoms with van der Waals surface area (Å²) >= 11 is 0. The average molecular weight is 333 g/mol. The van der Waals surface area contributed by atoms with Crippen LogP contribution in [0.5, 0.6) is 5.75 Å². The van der Waals surface area contributed by atoms with Crippen LogP contribution in [0.15, 0.2) is 84.9 Å². The molecule has 0 aromatic heterocycles. The Balaban J connectivity index is 1.61. The highest BCUT2D eigenvalue weighted by molar-refractivity contribution is 6.04. The van der Waals surface area contributed by atoms with E-state index in [2.05, 4.69) is 5.32 Å². The van der Waals surface area contributed by atoms with E-state index in [0.717, 1.165) is 5.56 Å². The third kappa shape index (κ3) is 4.68. The molecule has 0 radical (unpaired) electrons. The van der Waals surface area contributed by atoms with Gasteiger partial charge in [0.05, 0.1) is 0 Å². The SMILES string of the molecule is O=C(Nc1cccc(OCC(O)c2ccccc2)c1)c1ccccc1. The highest BCUT2D eigenvalue weighted by atomic mass is 16.5. The molecule has 1 amide bonds. The summed E-state index contributed by atoms with van der Waals surface area (Å²) in [5.74, 6) is 0.405. The standard InChI is InChI=1S/C21H19NO3/c23-20(16-8-3-1-4-9-16)15-25-19-13-7-12-18(14-19)22-21(24)17-10-5-2-6-11-17/h1-14,20,23H,15H2,(H,22,24). The van der Waals surface area contributed by atoms with Gasteiger partial charge in [-0.2, -0.15) is 0 Å². The predicted octanol–water partition coefficient (Wildman–Crippen LogP) is 4.05. The van der Waals surface area contributed by atoms with Gasteiger partial charge < -0.3 is 15.2 Å². The number of aliphatic hydroxyl groups excluding tert-OH is 1. The van der Waals surface area contributed by atoms with E-state index in [1.807, 2.05) is 48.5 Å². The Kier molecular flexibility index (Phi) is 5.44. The lowest BCUT2D eigenvalue weighted by Gasteiger charge is -2.13. The summed E-state index contributed by atoms with van der Waals surface area (Å²) in [5, 5.41) is 13.0. The molecule has 4 heteroatoms. The van der Waals surface area contributed by atoms with Crippen LogP contribution in [-0.2, 0) is 0 Å². The summed E-state index contributed by atoms with van der Waals surface area (Å²) in [6.45, 7) is 0.139. The lowest BCUT2D eigenvalue weighted by atomic mass is 10.1. The van der Waals surface area contributed by atoms with E-state index in [1.54, 1.807) is 36.4 Å². The average Bonchev–Trinajstić information content (AvgIpc) is 2.68. The number of aliphatic hydroxyl groups is 1. The second-order valence-corrected chi connectivity index (χ2v) is 5.59.